The van der Waals surface area contributed by atoms with Crippen molar-refractivity contribution < 1.29 is 4.39 Å². The van der Waals surface area contributed by atoms with Gasteiger partial charge in [-0.25, -0.2) is 4.39 Å². The van der Waals surface area contributed by atoms with Gasteiger partial charge in [0.05, 0.1) is 8.59 Å². The average molecular weight is 328 g/mol. The van der Waals surface area contributed by atoms with Crippen LogP contribution in [-0.2, 0) is 0 Å². The van der Waals surface area contributed by atoms with Gasteiger partial charge in [0.15, 0.2) is 0 Å². The van der Waals surface area contributed by atoms with E-state index in [9.17, 15) is 4.39 Å². The number of benzene rings is 1. The Bertz CT molecular complexity index is 482. The van der Waals surface area contributed by atoms with E-state index in [1.165, 1.54) is 17.4 Å². The summed E-state index contributed by atoms with van der Waals surface area (Å²) in [5.41, 5.74) is 5.63. The lowest BCUT2D eigenvalue weighted by Crippen LogP contribution is -1.82. The Morgan fingerprint density at radius 2 is 2.15 bits per heavy atom. The van der Waals surface area contributed by atoms with Crippen LogP contribution in [-0.4, -0.2) is 0 Å². The fourth-order valence-corrected chi connectivity index (χ4v) is 3.43. The van der Waals surface area contributed by atoms with E-state index in [4.69, 9.17) is 17.3 Å². The van der Waals surface area contributed by atoms with Gasteiger partial charge < -0.3 is 5.73 Å². The SMILES string of the molecule is Nc1sc2ccc(F)c(I)c2c1Cl. The lowest BCUT2D eigenvalue weighted by molar-refractivity contribution is 0.623. The first-order valence-electron chi connectivity index (χ1n) is 3.42. The first-order chi connectivity index (χ1) is 6.11. The molecule has 0 fully saturated rings. The zero-order chi connectivity index (χ0) is 9.59. The maximum atomic E-state index is 13.1. The molecular weight excluding hydrogens is 324 g/mol. The molecule has 1 aromatic carbocycles. The highest BCUT2D eigenvalue weighted by atomic mass is 127. The largest absolute Gasteiger partial charge is 0.389 e. The highest BCUT2D eigenvalue weighted by Gasteiger charge is 2.13. The minimum Gasteiger partial charge on any atom is -0.389 e. The van der Waals surface area contributed by atoms with Crippen molar-refractivity contribution in [1.29, 1.82) is 0 Å². The molecular formula is C8H4ClFINS. The molecule has 1 aromatic heterocycles. The molecule has 0 atom stereocenters. The average Bonchev–Trinajstić information content (AvgIpc) is 2.37. The number of fused-ring (bicyclic) bond motifs is 1. The van der Waals surface area contributed by atoms with E-state index in [0.717, 1.165) is 10.1 Å². The van der Waals surface area contributed by atoms with Crippen LogP contribution < -0.4 is 5.73 Å². The first kappa shape index (κ1) is 9.48. The minimum absolute atomic E-state index is 0.257. The second-order valence-corrected chi connectivity index (χ2v) is 5.06. The summed E-state index contributed by atoms with van der Waals surface area (Å²) in [5, 5.41) is 1.73. The van der Waals surface area contributed by atoms with Crippen LogP contribution in [0.15, 0.2) is 12.1 Å². The van der Waals surface area contributed by atoms with E-state index in [1.54, 1.807) is 6.07 Å². The van der Waals surface area contributed by atoms with Gasteiger partial charge in [0.2, 0.25) is 0 Å². The van der Waals surface area contributed by atoms with Crippen molar-refractivity contribution in [2.75, 3.05) is 5.73 Å². The van der Waals surface area contributed by atoms with Crippen molar-refractivity contribution in [2.45, 2.75) is 0 Å². The summed E-state index contributed by atoms with van der Waals surface area (Å²) >= 11 is 9.24. The molecule has 0 radical (unpaired) electrons. The van der Waals surface area contributed by atoms with E-state index < -0.39 is 0 Å². The highest BCUT2D eigenvalue weighted by Crippen LogP contribution is 2.40. The molecule has 2 rings (SSSR count). The Kier molecular flexibility index (Phi) is 2.37. The van der Waals surface area contributed by atoms with Gasteiger partial charge in [0.25, 0.3) is 0 Å². The number of nitrogens with two attached hydrogens (primary N) is 1. The summed E-state index contributed by atoms with van der Waals surface area (Å²) in [6.45, 7) is 0. The van der Waals surface area contributed by atoms with Crippen LogP contribution in [0.4, 0.5) is 9.39 Å². The number of nitrogen functional groups attached to an aromatic ring is 1. The molecule has 0 aliphatic heterocycles. The van der Waals surface area contributed by atoms with E-state index >= 15 is 0 Å². The number of anilines is 1. The van der Waals surface area contributed by atoms with Crippen molar-refractivity contribution in [1.82, 2.24) is 0 Å². The smallest absolute Gasteiger partial charge is 0.137 e. The molecule has 13 heavy (non-hydrogen) atoms. The molecule has 1 nitrogen and oxygen atoms in total. The molecule has 5 heteroatoms. The van der Waals surface area contributed by atoms with Gasteiger partial charge in [-0.15, -0.1) is 11.3 Å². The monoisotopic (exact) mass is 327 g/mol. The molecule has 2 N–H and O–H groups in total. The summed E-state index contributed by atoms with van der Waals surface area (Å²) in [5.74, 6) is -0.257. The second kappa shape index (κ2) is 3.25. The number of rotatable bonds is 0. The van der Waals surface area contributed by atoms with Gasteiger partial charge in [-0.05, 0) is 34.7 Å². The van der Waals surface area contributed by atoms with E-state index in [0.29, 0.717) is 13.6 Å². The second-order valence-electron chi connectivity index (χ2n) is 2.51. The third-order valence-electron chi connectivity index (χ3n) is 1.71. The predicted octanol–water partition coefficient (Wildman–Crippen LogP) is 3.88. The molecule has 0 saturated heterocycles. The van der Waals surface area contributed by atoms with Gasteiger partial charge in [0.1, 0.15) is 10.8 Å². The van der Waals surface area contributed by atoms with Crippen molar-refractivity contribution in [3.8, 4) is 0 Å². The van der Waals surface area contributed by atoms with Gasteiger partial charge in [-0.1, -0.05) is 11.6 Å². The number of thiophene rings is 1. The standard InChI is InChI=1S/C8H4ClFINS/c9-6-5-4(13-8(6)12)2-1-3(10)7(5)11/h1-2H,12H2. The normalized spacial score (nSPS) is 11.0. The predicted molar refractivity (Wildman–Crippen MR) is 63.9 cm³/mol. The highest BCUT2D eigenvalue weighted by molar-refractivity contribution is 14.1. The van der Waals surface area contributed by atoms with Crippen LogP contribution in [0.1, 0.15) is 0 Å². The zero-order valence-corrected chi connectivity index (χ0v) is 10.0. The number of halogens is 3. The Morgan fingerprint density at radius 3 is 2.85 bits per heavy atom. The zero-order valence-electron chi connectivity index (χ0n) is 6.27. The van der Waals surface area contributed by atoms with Gasteiger partial charge >= 0.3 is 0 Å². The Labute approximate surface area is 96.8 Å². The van der Waals surface area contributed by atoms with Crippen molar-refractivity contribution in [3.05, 3.63) is 26.5 Å². The molecule has 0 aliphatic carbocycles. The molecule has 68 valence electrons. The summed E-state index contributed by atoms with van der Waals surface area (Å²) < 4.78 is 14.6. The van der Waals surface area contributed by atoms with Crippen LogP contribution in [0.5, 0.6) is 0 Å². The van der Waals surface area contributed by atoms with Gasteiger partial charge in [-0.3, -0.25) is 0 Å². The lowest BCUT2D eigenvalue weighted by Gasteiger charge is -1.96. The van der Waals surface area contributed by atoms with Crippen LogP contribution in [0.25, 0.3) is 10.1 Å². The Hall–Kier alpha value is -0.0700. The van der Waals surface area contributed by atoms with Crippen LogP contribution in [0.3, 0.4) is 0 Å². The molecule has 1 heterocycles. The van der Waals surface area contributed by atoms with Crippen molar-refractivity contribution in [3.63, 3.8) is 0 Å². The summed E-state index contributed by atoms with van der Waals surface area (Å²) in [7, 11) is 0. The Morgan fingerprint density at radius 1 is 1.46 bits per heavy atom. The molecule has 0 bridgehead atoms. The summed E-state index contributed by atoms with van der Waals surface area (Å²) in [4.78, 5) is 0. The molecule has 0 spiro atoms. The van der Waals surface area contributed by atoms with Crippen molar-refractivity contribution in [2.24, 2.45) is 0 Å². The van der Waals surface area contributed by atoms with Gasteiger partial charge in [0, 0.05) is 10.1 Å². The van der Waals surface area contributed by atoms with Crippen LogP contribution in [0.2, 0.25) is 5.02 Å². The summed E-state index contributed by atoms with van der Waals surface area (Å²) in [6.07, 6.45) is 0. The molecule has 2 aromatic rings. The fourth-order valence-electron chi connectivity index (χ4n) is 1.11. The first-order valence-corrected chi connectivity index (χ1v) is 5.70. The third kappa shape index (κ3) is 1.41. The maximum Gasteiger partial charge on any atom is 0.137 e. The molecule has 0 aliphatic rings. The lowest BCUT2D eigenvalue weighted by atomic mass is 10.2. The number of hydrogen-bond acceptors (Lipinski definition) is 2. The van der Waals surface area contributed by atoms with E-state index in [2.05, 4.69) is 0 Å². The summed E-state index contributed by atoms with van der Waals surface area (Å²) in [6, 6.07) is 3.12. The minimum atomic E-state index is -0.257. The van der Waals surface area contributed by atoms with Crippen LogP contribution in [0, 0.1) is 9.39 Å². The van der Waals surface area contributed by atoms with Crippen LogP contribution >= 0.6 is 45.5 Å². The number of hydrogen-bond donors (Lipinski definition) is 1. The fraction of sp³-hybridized carbons (Fsp3) is 0. The van der Waals surface area contributed by atoms with Crippen molar-refractivity contribution >= 4 is 60.6 Å². The van der Waals surface area contributed by atoms with E-state index in [1.807, 2.05) is 22.6 Å². The maximum absolute atomic E-state index is 13.1. The van der Waals surface area contributed by atoms with E-state index in [-0.39, 0.29) is 5.82 Å². The molecule has 0 saturated carbocycles. The quantitative estimate of drug-likeness (QED) is 0.730. The Balaban J connectivity index is 2.97. The molecule has 0 unspecified atom stereocenters. The molecule has 0 amide bonds. The topological polar surface area (TPSA) is 26.0 Å². The third-order valence-corrected chi connectivity index (χ3v) is 4.26. The van der Waals surface area contributed by atoms with Gasteiger partial charge in [-0.2, -0.15) is 0 Å².